The van der Waals surface area contributed by atoms with Crippen LogP contribution >= 0.6 is 11.8 Å². The summed E-state index contributed by atoms with van der Waals surface area (Å²) in [6, 6.07) is 7.31. The van der Waals surface area contributed by atoms with E-state index >= 15 is 0 Å². The van der Waals surface area contributed by atoms with E-state index in [1.54, 1.807) is 19.2 Å². The van der Waals surface area contributed by atoms with Gasteiger partial charge >= 0.3 is 0 Å². The van der Waals surface area contributed by atoms with Gasteiger partial charge in [-0.3, -0.25) is 14.6 Å². The number of thioether (sulfide) groups is 1. The van der Waals surface area contributed by atoms with Crippen LogP contribution in [0.25, 0.3) is 0 Å². The number of aliphatic imine (C=N–C) groups is 1. The van der Waals surface area contributed by atoms with Crippen molar-refractivity contribution in [2.24, 2.45) is 4.99 Å². The molecule has 7 heteroatoms. The lowest BCUT2D eigenvalue weighted by molar-refractivity contribution is -0.122. The third-order valence-electron chi connectivity index (χ3n) is 3.46. The normalized spacial score (nSPS) is 20.2. The van der Waals surface area contributed by atoms with E-state index in [0.29, 0.717) is 16.6 Å². The lowest BCUT2D eigenvalue weighted by Gasteiger charge is -2.10. The number of carbonyl (C=O) groups is 2. The van der Waals surface area contributed by atoms with Crippen LogP contribution in [0.4, 0.5) is 5.69 Å². The van der Waals surface area contributed by atoms with Gasteiger partial charge < -0.3 is 15.4 Å². The van der Waals surface area contributed by atoms with Gasteiger partial charge in [-0.2, -0.15) is 0 Å². The van der Waals surface area contributed by atoms with Crippen molar-refractivity contribution in [2.75, 3.05) is 12.4 Å². The van der Waals surface area contributed by atoms with Gasteiger partial charge in [-0.15, -0.1) is 0 Å². The van der Waals surface area contributed by atoms with Crippen molar-refractivity contribution in [3.8, 4) is 5.75 Å². The summed E-state index contributed by atoms with van der Waals surface area (Å²) in [4.78, 5) is 28.5. The molecule has 2 N–H and O–H groups in total. The van der Waals surface area contributed by atoms with Crippen LogP contribution in [0.2, 0.25) is 0 Å². The highest BCUT2D eigenvalue weighted by molar-refractivity contribution is 8.15. The van der Waals surface area contributed by atoms with Crippen LogP contribution in [0.1, 0.15) is 26.7 Å². The number of rotatable bonds is 6. The minimum atomic E-state index is -0.451. The van der Waals surface area contributed by atoms with Crippen LogP contribution in [0.3, 0.4) is 0 Å². The zero-order chi connectivity index (χ0) is 16.8. The number of ether oxygens (including phenoxy) is 1. The second-order valence-corrected chi connectivity index (χ2v) is 6.43. The molecule has 124 valence electrons. The van der Waals surface area contributed by atoms with E-state index in [9.17, 15) is 9.59 Å². The molecular formula is C16H21N3O3S. The minimum Gasteiger partial charge on any atom is -0.495 e. The van der Waals surface area contributed by atoms with Gasteiger partial charge in [-0.25, -0.2) is 0 Å². The molecule has 0 aliphatic carbocycles. The zero-order valence-corrected chi connectivity index (χ0v) is 14.3. The third kappa shape index (κ3) is 4.72. The Morgan fingerprint density at radius 1 is 1.48 bits per heavy atom. The Morgan fingerprint density at radius 3 is 2.91 bits per heavy atom. The smallest absolute Gasteiger partial charge is 0.240 e. The number of amides is 2. The molecule has 2 rings (SSSR count). The number of hydrogen-bond acceptors (Lipinski definition) is 5. The number of carbonyl (C=O) groups excluding carboxylic acids is 2. The Morgan fingerprint density at radius 2 is 2.22 bits per heavy atom. The molecule has 2 atom stereocenters. The predicted molar refractivity (Wildman–Crippen MR) is 93.0 cm³/mol. The number of amidine groups is 1. The molecule has 2 amide bonds. The Balaban J connectivity index is 1.95. The zero-order valence-electron chi connectivity index (χ0n) is 13.5. The summed E-state index contributed by atoms with van der Waals surface area (Å²) < 4.78 is 5.19. The molecule has 0 unspecified atom stereocenters. The van der Waals surface area contributed by atoms with Crippen LogP contribution in [0, 0.1) is 0 Å². The number of anilines is 1. The van der Waals surface area contributed by atoms with Gasteiger partial charge in [-0.1, -0.05) is 30.8 Å². The highest BCUT2D eigenvalue weighted by Gasteiger charge is 2.32. The van der Waals surface area contributed by atoms with Crippen molar-refractivity contribution in [1.82, 2.24) is 5.32 Å². The first-order chi connectivity index (χ1) is 11.0. The summed E-state index contributed by atoms with van der Waals surface area (Å²) in [6.45, 7) is 4.02. The van der Waals surface area contributed by atoms with Gasteiger partial charge in [-0.05, 0) is 25.5 Å². The van der Waals surface area contributed by atoms with E-state index in [-0.39, 0.29) is 24.3 Å². The Labute approximate surface area is 140 Å². The van der Waals surface area contributed by atoms with Crippen LogP contribution in [0.5, 0.6) is 5.75 Å². The molecule has 6 nitrogen and oxygen atoms in total. The summed E-state index contributed by atoms with van der Waals surface area (Å²) in [7, 11) is 1.54. The monoisotopic (exact) mass is 335 g/mol. The Kier molecular flexibility index (Phi) is 6.04. The quantitative estimate of drug-likeness (QED) is 0.837. The molecule has 0 saturated carbocycles. The van der Waals surface area contributed by atoms with Gasteiger partial charge in [0.15, 0.2) is 5.17 Å². The first-order valence-electron chi connectivity index (χ1n) is 7.51. The molecule has 0 aromatic heterocycles. The average Bonchev–Trinajstić information content (AvgIpc) is 2.86. The molecular weight excluding hydrogens is 314 g/mol. The fourth-order valence-electron chi connectivity index (χ4n) is 2.01. The molecule has 1 saturated heterocycles. The minimum absolute atomic E-state index is 0.0913. The first-order valence-corrected chi connectivity index (χ1v) is 8.39. The molecule has 0 bridgehead atoms. The van der Waals surface area contributed by atoms with E-state index in [0.717, 1.165) is 6.42 Å². The van der Waals surface area contributed by atoms with Crippen LogP contribution in [-0.2, 0) is 9.59 Å². The van der Waals surface area contributed by atoms with Gasteiger partial charge in [0.2, 0.25) is 11.8 Å². The van der Waals surface area contributed by atoms with Crippen molar-refractivity contribution in [3.05, 3.63) is 24.3 Å². The van der Waals surface area contributed by atoms with Crippen molar-refractivity contribution in [1.29, 1.82) is 0 Å². The first kappa shape index (κ1) is 17.3. The summed E-state index contributed by atoms with van der Waals surface area (Å²) in [5, 5.41) is 5.65. The highest BCUT2D eigenvalue weighted by Crippen LogP contribution is 2.26. The number of nitrogens with one attached hydrogen (secondary N) is 2. The molecule has 0 spiro atoms. The predicted octanol–water partition coefficient (Wildman–Crippen LogP) is 2.41. The molecule has 0 radical (unpaired) electrons. The van der Waals surface area contributed by atoms with Crippen molar-refractivity contribution in [3.63, 3.8) is 0 Å². The van der Waals surface area contributed by atoms with Crippen LogP contribution < -0.4 is 15.4 Å². The summed E-state index contributed by atoms with van der Waals surface area (Å²) >= 11 is 1.31. The number of benzene rings is 1. The van der Waals surface area contributed by atoms with E-state index in [4.69, 9.17) is 4.74 Å². The van der Waals surface area contributed by atoms with Crippen molar-refractivity contribution in [2.45, 2.75) is 38.0 Å². The average molecular weight is 335 g/mol. The van der Waals surface area contributed by atoms with Gasteiger partial charge in [0.25, 0.3) is 0 Å². The Bertz CT molecular complexity index is 618. The van der Waals surface area contributed by atoms with Crippen molar-refractivity contribution < 1.29 is 14.3 Å². The molecule has 1 aliphatic heterocycles. The van der Waals surface area contributed by atoms with Crippen molar-refractivity contribution >= 4 is 34.4 Å². The second kappa shape index (κ2) is 8.01. The largest absolute Gasteiger partial charge is 0.495 e. The van der Waals surface area contributed by atoms with E-state index in [2.05, 4.69) is 15.6 Å². The number of nitrogens with zero attached hydrogens (tertiary/aromatic N) is 1. The third-order valence-corrected chi connectivity index (χ3v) is 4.55. The van der Waals surface area contributed by atoms with E-state index < -0.39 is 5.25 Å². The molecule has 1 aromatic rings. The van der Waals surface area contributed by atoms with Gasteiger partial charge in [0, 0.05) is 12.5 Å². The summed E-state index contributed by atoms with van der Waals surface area (Å²) in [6.07, 6.45) is 0.993. The van der Waals surface area contributed by atoms with E-state index in [1.165, 1.54) is 11.8 Å². The maximum absolute atomic E-state index is 12.2. The van der Waals surface area contributed by atoms with Gasteiger partial charge in [0.05, 0.1) is 12.8 Å². The molecule has 23 heavy (non-hydrogen) atoms. The Hall–Kier alpha value is -2.02. The lowest BCUT2D eigenvalue weighted by Crippen LogP contribution is -2.28. The van der Waals surface area contributed by atoms with Crippen LogP contribution in [0.15, 0.2) is 29.3 Å². The molecule has 1 aliphatic rings. The molecule has 1 heterocycles. The number of hydrogen-bond donors (Lipinski definition) is 2. The maximum Gasteiger partial charge on any atom is 0.240 e. The summed E-state index contributed by atoms with van der Waals surface area (Å²) in [5.74, 6) is 0.183. The second-order valence-electron chi connectivity index (χ2n) is 5.24. The maximum atomic E-state index is 12.2. The summed E-state index contributed by atoms with van der Waals surface area (Å²) in [5.41, 5.74) is 0.594. The van der Waals surface area contributed by atoms with Crippen LogP contribution in [-0.4, -0.2) is 35.4 Å². The highest BCUT2D eigenvalue weighted by atomic mass is 32.2. The fourth-order valence-corrected chi connectivity index (χ4v) is 3.08. The van der Waals surface area contributed by atoms with Gasteiger partial charge in [0.1, 0.15) is 11.0 Å². The van der Waals surface area contributed by atoms with E-state index in [1.807, 2.05) is 26.0 Å². The lowest BCUT2D eigenvalue weighted by atomic mass is 10.2. The number of methoxy groups -OCH3 is 1. The molecule has 1 aromatic carbocycles. The standard InChI is InChI=1S/C16H21N3O3S/c1-4-10(2)17-16-19-15(21)13(23-16)9-14(20)18-11-7-5-6-8-12(11)22-3/h5-8,10,13H,4,9H2,1-3H3,(H,18,20)(H,17,19,21)/t10-,13+/m0/s1. The topological polar surface area (TPSA) is 79.8 Å². The fraction of sp³-hybridized carbons (Fsp3) is 0.438. The SMILES string of the molecule is CC[C@H](C)N=C1NC(=O)[C@@H](CC(=O)Nc2ccccc2OC)S1. The molecule has 1 fully saturated rings. The number of para-hydroxylation sites is 2.